The van der Waals surface area contributed by atoms with Crippen molar-refractivity contribution in [1.82, 2.24) is 5.32 Å². The van der Waals surface area contributed by atoms with Crippen molar-refractivity contribution in [2.75, 3.05) is 19.6 Å². The molecule has 0 saturated carbocycles. The maximum absolute atomic E-state index is 10.1. The number of rotatable bonds is 8. The quantitative estimate of drug-likeness (QED) is 0.450. The predicted octanol–water partition coefficient (Wildman–Crippen LogP) is 0.882. The molecule has 0 amide bonds. The molecule has 0 saturated heterocycles. The summed E-state index contributed by atoms with van der Waals surface area (Å²) in [7, 11) is -3.53. The second-order valence-electron chi connectivity index (χ2n) is 5.68. The van der Waals surface area contributed by atoms with Gasteiger partial charge >= 0.3 is 0 Å². The van der Waals surface area contributed by atoms with Gasteiger partial charge < -0.3 is 20.3 Å². The van der Waals surface area contributed by atoms with Crippen LogP contribution in [-0.2, 0) is 4.12 Å². The van der Waals surface area contributed by atoms with Gasteiger partial charge in [-0.2, -0.15) is 0 Å². The number of hydrogen-bond acceptors (Lipinski definition) is 4. The Balaban J connectivity index is 3.99. The van der Waals surface area contributed by atoms with Crippen molar-refractivity contribution in [3.05, 3.63) is 0 Å². The third-order valence-electron chi connectivity index (χ3n) is 2.27. The van der Waals surface area contributed by atoms with E-state index in [1.807, 2.05) is 0 Å². The summed E-state index contributed by atoms with van der Waals surface area (Å²) in [4.78, 5) is 0. The molecule has 1 atom stereocenters. The van der Waals surface area contributed by atoms with Crippen molar-refractivity contribution in [1.29, 1.82) is 0 Å². The second-order valence-corrected chi connectivity index (χ2v) is 14.6. The maximum atomic E-state index is 10.1. The van der Waals surface area contributed by atoms with E-state index in [2.05, 4.69) is 38.1 Å². The second kappa shape index (κ2) is 6.88. The molecule has 0 aromatic rings. The SMILES string of the molecule is C[Si](C)(C)O[Si](C)(C)C(O)CNCCCN. The van der Waals surface area contributed by atoms with Crippen LogP contribution in [0.25, 0.3) is 0 Å². The Kier molecular flexibility index (Phi) is 6.99. The van der Waals surface area contributed by atoms with Gasteiger partial charge in [0.05, 0.1) is 5.73 Å². The van der Waals surface area contributed by atoms with Crippen LogP contribution in [0.4, 0.5) is 0 Å². The average molecular weight is 265 g/mol. The number of nitrogens with one attached hydrogen (secondary N) is 1. The normalized spacial score (nSPS) is 15.2. The molecule has 0 fully saturated rings. The zero-order chi connectivity index (χ0) is 12.8. The fourth-order valence-electron chi connectivity index (χ4n) is 1.57. The average Bonchev–Trinajstić information content (AvgIpc) is 2.08. The summed E-state index contributed by atoms with van der Waals surface area (Å²) >= 11 is 0. The summed E-state index contributed by atoms with van der Waals surface area (Å²) in [6.07, 6.45) is 0.948. The summed E-state index contributed by atoms with van der Waals surface area (Å²) in [6.45, 7) is 12.8. The molecule has 0 aliphatic rings. The molecule has 0 aliphatic heterocycles. The van der Waals surface area contributed by atoms with Crippen LogP contribution >= 0.6 is 0 Å². The van der Waals surface area contributed by atoms with Gasteiger partial charge in [-0.1, -0.05) is 0 Å². The standard InChI is InChI=1S/C10H28N2O2Si2/c1-15(2,3)14-16(4,5)10(13)9-12-8-6-7-11/h10,12-13H,6-9,11H2,1-5H3. The minimum absolute atomic E-state index is 0.350. The van der Waals surface area contributed by atoms with E-state index in [0.717, 1.165) is 13.0 Å². The van der Waals surface area contributed by atoms with Gasteiger partial charge in [-0.3, -0.25) is 0 Å². The van der Waals surface area contributed by atoms with E-state index in [-0.39, 0.29) is 5.73 Å². The Bertz CT molecular complexity index is 196. The van der Waals surface area contributed by atoms with E-state index in [1.54, 1.807) is 0 Å². The first kappa shape index (κ1) is 16.3. The zero-order valence-electron chi connectivity index (χ0n) is 11.3. The van der Waals surface area contributed by atoms with E-state index in [4.69, 9.17) is 9.85 Å². The zero-order valence-corrected chi connectivity index (χ0v) is 13.3. The Hall–Kier alpha value is 0.274. The van der Waals surface area contributed by atoms with Gasteiger partial charge in [0.2, 0.25) is 8.32 Å². The number of hydrogen-bond donors (Lipinski definition) is 3. The molecular weight excluding hydrogens is 236 g/mol. The van der Waals surface area contributed by atoms with Gasteiger partial charge in [-0.25, -0.2) is 0 Å². The fraction of sp³-hybridized carbons (Fsp3) is 1.00. The maximum Gasteiger partial charge on any atom is 0.203 e. The van der Waals surface area contributed by atoms with Crippen molar-refractivity contribution in [3.8, 4) is 0 Å². The van der Waals surface area contributed by atoms with Crippen LogP contribution in [-0.4, -0.2) is 47.1 Å². The lowest BCUT2D eigenvalue weighted by Crippen LogP contribution is -2.54. The van der Waals surface area contributed by atoms with Crippen LogP contribution in [0.1, 0.15) is 6.42 Å². The summed E-state index contributed by atoms with van der Waals surface area (Å²) in [5.74, 6) is 0. The molecule has 6 heteroatoms. The lowest BCUT2D eigenvalue weighted by atomic mass is 10.4. The number of aliphatic hydroxyl groups is 1. The molecule has 98 valence electrons. The monoisotopic (exact) mass is 264 g/mol. The molecule has 0 rings (SSSR count). The highest BCUT2D eigenvalue weighted by Crippen LogP contribution is 2.17. The molecule has 4 nitrogen and oxygen atoms in total. The van der Waals surface area contributed by atoms with Crippen molar-refractivity contribution in [3.63, 3.8) is 0 Å². The van der Waals surface area contributed by atoms with Crippen molar-refractivity contribution in [2.24, 2.45) is 5.73 Å². The Morgan fingerprint density at radius 3 is 2.25 bits per heavy atom. The molecule has 0 bridgehead atoms. The van der Waals surface area contributed by atoms with Crippen LogP contribution in [0.5, 0.6) is 0 Å². The van der Waals surface area contributed by atoms with Gasteiger partial charge in [0.25, 0.3) is 0 Å². The topological polar surface area (TPSA) is 67.5 Å². The van der Waals surface area contributed by atoms with Crippen molar-refractivity contribution < 1.29 is 9.22 Å². The van der Waals surface area contributed by atoms with Crippen LogP contribution in [0.15, 0.2) is 0 Å². The smallest absolute Gasteiger partial charge is 0.203 e. The molecule has 0 aromatic carbocycles. The van der Waals surface area contributed by atoms with Crippen LogP contribution < -0.4 is 11.1 Å². The lowest BCUT2D eigenvalue weighted by molar-refractivity contribution is 0.219. The highest BCUT2D eigenvalue weighted by Gasteiger charge is 2.36. The Morgan fingerprint density at radius 2 is 1.81 bits per heavy atom. The Labute approximate surface area is 102 Å². The molecule has 0 aliphatic carbocycles. The van der Waals surface area contributed by atoms with E-state index in [9.17, 15) is 5.11 Å². The van der Waals surface area contributed by atoms with E-state index in [1.165, 1.54) is 0 Å². The van der Waals surface area contributed by atoms with Crippen LogP contribution in [0, 0.1) is 0 Å². The van der Waals surface area contributed by atoms with Gasteiger partial charge in [-0.15, -0.1) is 0 Å². The summed E-state index contributed by atoms with van der Waals surface area (Å²) in [5.41, 5.74) is 5.05. The molecule has 0 heterocycles. The fourth-order valence-corrected chi connectivity index (χ4v) is 9.06. The number of nitrogens with two attached hydrogens (primary N) is 1. The van der Waals surface area contributed by atoms with Gasteiger partial charge in [-0.05, 0) is 52.2 Å². The van der Waals surface area contributed by atoms with E-state index in [0.29, 0.717) is 13.1 Å². The molecule has 0 aromatic heterocycles. The van der Waals surface area contributed by atoms with Crippen molar-refractivity contribution in [2.45, 2.75) is 44.9 Å². The first-order chi connectivity index (χ1) is 7.19. The van der Waals surface area contributed by atoms with E-state index < -0.39 is 16.6 Å². The third kappa shape index (κ3) is 7.53. The van der Waals surface area contributed by atoms with Gasteiger partial charge in [0.1, 0.15) is 0 Å². The minimum Gasteiger partial charge on any atom is -0.454 e. The predicted molar refractivity (Wildman–Crippen MR) is 74.5 cm³/mol. The number of aliphatic hydroxyl groups excluding tert-OH is 1. The molecule has 16 heavy (non-hydrogen) atoms. The van der Waals surface area contributed by atoms with Gasteiger partial charge in [0, 0.05) is 6.54 Å². The molecule has 4 N–H and O–H groups in total. The highest BCUT2D eigenvalue weighted by atomic mass is 28.4. The lowest BCUT2D eigenvalue weighted by Gasteiger charge is -2.35. The summed E-state index contributed by atoms with van der Waals surface area (Å²) < 4.78 is 6.11. The highest BCUT2D eigenvalue weighted by molar-refractivity contribution is 6.84. The minimum atomic E-state index is -1.98. The molecular formula is C10H28N2O2Si2. The third-order valence-corrected chi connectivity index (χ3v) is 8.63. The molecule has 1 unspecified atom stereocenters. The summed E-state index contributed by atoms with van der Waals surface area (Å²) in [6, 6.07) is 0. The van der Waals surface area contributed by atoms with Crippen LogP contribution in [0.3, 0.4) is 0 Å². The first-order valence-corrected chi connectivity index (χ1v) is 12.4. The molecule has 0 radical (unpaired) electrons. The summed E-state index contributed by atoms with van der Waals surface area (Å²) in [5, 5.41) is 13.3. The Morgan fingerprint density at radius 1 is 1.25 bits per heavy atom. The van der Waals surface area contributed by atoms with Crippen molar-refractivity contribution >= 4 is 16.6 Å². The largest absolute Gasteiger partial charge is 0.454 e. The van der Waals surface area contributed by atoms with E-state index >= 15 is 0 Å². The molecule has 0 spiro atoms. The first-order valence-electron chi connectivity index (χ1n) is 5.98. The van der Waals surface area contributed by atoms with Crippen LogP contribution in [0.2, 0.25) is 32.7 Å². The van der Waals surface area contributed by atoms with Gasteiger partial charge in [0.15, 0.2) is 8.32 Å².